The summed E-state index contributed by atoms with van der Waals surface area (Å²) in [5, 5.41) is 16.6. The molecule has 0 radical (unpaired) electrons. The lowest BCUT2D eigenvalue weighted by Crippen LogP contribution is -2.31. The van der Waals surface area contributed by atoms with Crippen LogP contribution >= 0.6 is 0 Å². The molecule has 3 aromatic rings. The largest absolute Gasteiger partial charge is 0.361 e. The van der Waals surface area contributed by atoms with Crippen LogP contribution in [-0.2, 0) is 0 Å². The van der Waals surface area contributed by atoms with Crippen molar-refractivity contribution in [1.29, 1.82) is 0 Å². The Bertz CT molecular complexity index is 1080. The van der Waals surface area contributed by atoms with E-state index in [-0.39, 0.29) is 23.4 Å². The van der Waals surface area contributed by atoms with Gasteiger partial charge in [-0.2, -0.15) is 0 Å². The number of nitro groups is 1. The Labute approximate surface area is 173 Å². The molecule has 0 bridgehead atoms. The molecule has 1 saturated carbocycles. The Kier molecular flexibility index (Phi) is 5.69. The van der Waals surface area contributed by atoms with Crippen LogP contribution in [0.25, 0.3) is 10.8 Å². The van der Waals surface area contributed by atoms with Crippen LogP contribution < -0.4 is 16.2 Å². The Balaban J connectivity index is 1.54. The zero-order valence-electron chi connectivity index (χ0n) is 16.3. The molecule has 4 rings (SSSR count). The molecule has 0 aliphatic heterocycles. The van der Waals surface area contributed by atoms with Gasteiger partial charge in [-0.25, -0.2) is 9.97 Å². The zero-order valence-corrected chi connectivity index (χ0v) is 16.3. The van der Waals surface area contributed by atoms with Crippen molar-refractivity contribution in [3.05, 3.63) is 64.5 Å². The number of hydrogen-bond donors (Lipinski definition) is 3. The van der Waals surface area contributed by atoms with Crippen molar-refractivity contribution < 1.29 is 9.72 Å². The van der Waals surface area contributed by atoms with E-state index in [4.69, 9.17) is 0 Å². The third-order valence-corrected chi connectivity index (χ3v) is 5.28. The Morgan fingerprint density at radius 2 is 1.73 bits per heavy atom. The molecular weight excluding hydrogens is 384 g/mol. The molecular formula is C21H22N6O3. The minimum absolute atomic E-state index is 0.0677. The third-order valence-electron chi connectivity index (χ3n) is 5.28. The number of anilines is 2. The van der Waals surface area contributed by atoms with Crippen molar-refractivity contribution >= 4 is 34.0 Å². The molecule has 2 aromatic carbocycles. The maximum absolute atomic E-state index is 12.7. The van der Waals surface area contributed by atoms with Crippen molar-refractivity contribution in [3.8, 4) is 0 Å². The number of nitrogens with one attached hydrogen (secondary N) is 3. The molecule has 154 valence electrons. The van der Waals surface area contributed by atoms with Crippen LogP contribution in [0, 0.1) is 10.1 Å². The molecule has 1 fully saturated rings. The lowest BCUT2D eigenvalue weighted by Gasteiger charge is -2.23. The lowest BCUT2D eigenvalue weighted by atomic mass is 9.95. The van der Waals surface area contributed by atoms with Gasteiger partial charge in [0.15, 0.2) is 0 Å². The Morgan fingerprint density at radius 1 is 1.00 bits per heavy atom. The van der Waals surface area contributed by atoms with E-state index >= 15 is 0 Å². The predicted octanol–water partition coefficient (Wildman–Crippen LogP) is 4.04. The molecule has 0 atom stereocenters. The fraction of sp³-hybridized carbons (Fsp3) is 0.286. The van der Waals surface area contributed by atoms with E-state index in [1.54, 1.807) is 12.1 Å². The van der Waals surface area contributed by atoms with Gasteiger partial charge < -0.3 is 5.32 Å². The van der Waals surface area contributed by atoms with Crippen molar-refractivity contribution in [2.24, 2.45) is 0 Å². The Hall–Kier alpha value is -3.75. The van der Waals surface area contributed by atoms with E-state index in [0.717, 1.165) is 36.5 Å². The summed E-state index contributed by atoms with van der Waals surface area (Å²) in [7, 11) is 0. The highest BCUT2D eigenvalue weighted by Gasteiger charge is 2.26. The highest BCUT2D eigenvalue weighted by Crippen LogP contribution is 2.31. The summed E-state index contributed by atoms with van der Waals surface area (Å²) in [4.78, 5) is 31.9. The van der Waals surface area contributed by atoms with Crippen molar-refractivity contribution in [3.63, 3.8) is 0 Å². The third kappa shape index (κ3) is 4.14. The SMILES string of the molecule is O=C(NNc1ncnc(NC2CCCCC2)c1[N+](=O)[O-])c1cccc2ccccc12. The van der Waals surface area contributed by atoms with E-state index in [0.29, 0.717) is 5.56 Å². The van der Waals surface area contributed by atoms with Gasteiger partial charge in [-0.05, 0) is 29.7 Å². The van der Waals surface area contributed by atoms with Crippen molar-refractivity contribution in [2.45, 2.75) is 38.1 Å². The second-order valence-corrected chi connectivity index (χ2v) is 7.26. The van der Waals surface area contributed by atoms with Crippen molar-refractivity contribution in [2.75, 3.05) is 10.7 Å². The number of hydrogen-bond acceptors (Lipinski definition) is 7. The first-order chi connectivity index (χ1) is 14.6. The highest BCUT2D eigenvalue weighted by atomic mass is 16.6. The van der Waals surface area contributed by atoms with Gasteiger partial charge >= 0.3 is 5.69 Å². The van der Waals surface area contributed by atoms with Gasteiger partial charge in [0.05, 0.1) is 4.92 Å². The maximum atomic E-state index is 12.7. The second kappa shape index (κ2) is 8.73. The molecule has 1 aliphatic carbocycles. The number of carbonyl (C=O) groups excluding carboxylic acids is 1. The molecule has 3 N–H and O–H groups in total. The van der Waals surface area contributed by atoms with E-state index in [9.17, 15) is 14.9 Å². The molecule has 0 unspecified atom stereocenters. The van der Waals surface area contributed by atoms with Crippen LogP contribution in [0.3, 0.4) is 0 Å². The standard InChI is InChI=1S/C21H22N6O3/c28-21(17-12-6-8-14-7-4-5-11-16(14)17)26-25-20-18(27(29)30)19(22-13-23-20)24-15-9-2-1-3-10-15/h4-8,11-13,15H,1-3,9-10H2,(H,26,28)(H2,22,23,24,25). The average molecular weight is 406 g/mol. The first kappa shape index (κ1) is 19.6. The number of nitrogens with zero attached hydrogens (tertiary/aromatic N) is 3. The number of amides is 1. The summed E-state index contributed by atoms with van der Waals surface area (Å²) in [6.07, 6.45) is 6.48. The molecule has 0 saturated heterocycles. The number of aromatic nitrogens is 2. The maximum Gasteiger partial charge on any atom is 0.354 e. The quantitative estimate of drug-likeness (QED) is 0.417. The van der Waals surface area contributed by atoms with E-state index in [1.165, 1.54) is 12.7 Å². The highest BCUT2D eigenvalue weighted by molar-refractivity contribution is 6.07. The molecule has 1 heterocycles. The summed E-state index contributed by atoms with van der Waals surface area (Å²) in [5.41, 5.74) is 5.29. The van der Waals surface area contributed by atoms with Crippen molar-refractivity contribution in [1.82, 2.24) is 15.4 Å². The van der Waals surface area contributed by atoms with E-state index in [2.05, 4.69) is 26.1 Å². The van der Waals surface area contributed by atoms with E-state index < -0.39 is 10.8 Å². The predicted molar refractivity (Wildman–Crippen MR) is 114 cm³/mol. The van der Waals surface area contributed by atoms with Crippen LogP contribution in [0.4, 0.5) is 17.3 Å². The van der Waals surface area contributed by atoms with Crippen LogP contribution in [0.15, 0.2) is 48.8 Å². The molecule has 1 aliphatic rings. The van der Waals surface area contributed by atoms with Gasteiger partial charge in [-0.3, -0.25) is 25.8 Å². The van der Waals surface area contributed by atoms with Crippen LogP contribution in [0.2, 0.25) is 0 Å². The Morgan fingerprint density at radius 3 is 2.53 bits per heavy atom. The summed E-state index contributed by atoms with van der Waals surface area (Å²) in [6, 6.07) is 13.1. The zero-order chi connectivity index (χ0) is 20.9. The summed E-state index contributed by atoms with van der Waals surface area (Å²) in [6.45, 7) is 0. The van der Waals surface area contributed by atoms with Gasteiger partial charge in [-0.15, -0.1) is 0 Å². The van der Waals surface area contributed by atoms with Crippen LogP contribution in [-0.4, -0.2) is 26.8 Å². The number of carbonyl (C=O) groups is 1. The molecule has 1 amide bonds. The average Bonchev–Trinajstić information content (AvgIpc) is 2.77. The first-order valence-corrected chi connectivity index (χ1v) is 9.93. The normalized spacial score (nSPS) is 14.3. The van der Waals surface area contributed by atoms with Gasteiger partial charge in [-0.1, -0.05) is 55.7 Å². The molecule has 1 aromatic heterocycles. The fourth-order valence-electron chi connectivity index (χ4n) is 3.80. The monoisotopic (exact) mass is 406 g/mol. The minimum atomic E-state index is -0.544. The van der Waals surface area contributed by atoms with Gasteiger partial charge in [0, 0.05) is 11.6 Å². The molecule has 9 heteroatoms. The molecule has 9 nitrogen and oxygen atoms in total. The number of benzene rings is 2. The number of fused-ring (bicyclic) bond motifs is 1. The van der Waals surface area contributed by atoms with Gasteiger partial charge in [0.1, 0.15) is 6.33 Å². The summed E-state index contributed by atoms with van der Waals surface area (Å²) in [5.74, 6) is -0.327. The number of hydrazine groups is 1. The summed E-state index contributed by atoms with van der Waals surface area (Å²) < 4.78 is 0. The minimum Gasteiger partial charge on any atom is -0.361 e. The van der Waals surface area contributed by atoms with Gasteiger partial charge in [0.2, 0.25) is 11.6 Å². The first-order valence-electron chi connectivity index (χ1n) is 9.93. The van der Waals surface area contributed by atoms with Crippen LogP contribution in [0.5, 0.6) is 0 Å². The van der Waals surface area contributed by atoms with Crippen LogP contribution in [0.1, 0.15) is 42.5 Å². The van der Waals surface area contributed by atoms with E-state index in [1.807, 2.05) is 30.3 Å². The number of rotatable bonds is 6. The topological polar surface area (TPSA) is 122 Å². The van der Waals surface area contributed by atoms with Gasteiger partial charge in [0.25, 0.3) is 5.91 Å². The molecule has 0 spiro atoms. The molecule has 30 heavy (non-hydrogen) atoms. The second-order valence-electron chi connectivity index (χ2n) is 7.26. The lowest BCUT2D eigenvalue weighted by molar-refractivity contribution is -0.383. The smallest absolute Gasteiger partial charge is 0.354 e. The summed E-state index contributed by atoms with van der Waals surface area (Å²) >= 11 is 0. The fourth-order valence-corrected chi connectivity index (χ4v) is 3.80.